The van der Waals surface area contributed by atoms with E-state index in [2.05, 4.69) is 50.5 Å². The van der Waals surface area contributed by atoms with Crippen LogP contribution in [0.4, 0.5) is 0 Å². The van der Waals surface area contributed by atoms with Crippen molar-refractivity contribution in [3.63, 3.8) is 0 Å². The number of carbonyl (C=O) groups excluding carboxylic acids is 1. The van der Waals surface area contributed by atoms with E-state index >= 15 is 0 Å². The van der Waals surface area contributed by atoms with Gasteiger partial charge in [-0.05, 0) is 62.8 Å². The number of hydrogen-bond acceptors (Lipinski definition) is 2. The minimum absolute atomic E-state index is 0.170. The van der Waals surface area contributed by atoms with Crippen molar-refractivity contribution in [3.05, 3.63) is 34.4 Å². The van der Waals surface area contributed by atoms with Gasteiger partial charge in [-0.2, -0.15) is 0 Å². The molecule has 0 heterocycles. The monoisotopic (exact) mass is 274 g/mol. The Labute approximate surface area is 122 Å². The lowest BCUT2D eigenvalue weighted by atomic mass is 9.96. The summed E-state index contributed by atoms with van der Waals surface area (Å²) in [5.41, 5.74) is 5.30. The van der Waals surface area contributed by atoms with Gasteiger partial charge in [0.2, 0.25) is 5.91 Å². The summed E-state index contributed by atoms with van der Waals surface area (Å²) in [7, 11) is 0. The highest BCUT2D eigenvalue weighted by Crippen LogP contribution is 2.21. The molecule has 3 nitrogen and oxygen atoms in total. The molecule has 1 atom stereocenters. The van der Waals surface area contributed by atoms with Gasteiger partial charge in [-0.25, -0.2) is 0 Å². The van der Waals surface area contributed by atoms with Crippen molar-refractivity contribution in [3.8, 4) is 0 Å². The van der Waals surface area contributed by atoms with Crippen LogP contribution in [-0.2, 0) is 4.79 Å². The largest absolute Gasteiger partial charge is 0.353 e. The summed E-state index contributed by atoms with van der Waals surface area (Å²) in [5.74, 6) is 0.170. The zero-order valence-electron chi connectivity index (χ0n) is 13.0. The van der Waals surface area contributed by atoms with Crippen LogP contribution >= 0.6 is 0 Å². The van der Waals surface area contributed by atoms with Crippen LogP contribution in [0.3, 0.4) is 0 Å². The Bertz CT molecular complexity index is 492. The summed E-state index contributed by atoms with van der Waals surface area (Å²) in [6.45, 7) is 9.34. The van der Waals surface area contributed by atoms with E-state index in [-0.39, 0.29) is 11.9 Å². The molecular weight excluding hydrogens is 248 g/mol. The molecule has 0 spiro atoms. The Morgan fingerprint density at radius 3 is 2.50 bits per heavy atom. The third-order valence-electron chi connectivity index (χ3n) is 4.09. The van der Waals surface area contributed by atoms with Crippen molar-refractivity contribution in [1.29, 1.82) is 0 Å². The second kappa shape index (κ2) is 6.40. The molecule has 1 fully saturated rings. The van der Waals surface area contributed by atoms with Gasteiger partial charge in [0, 0.05) is 25.0 Å². The molecule has 0 saturated heterocycles. The molecule has 0 radical (unpaired) electrons. The molecule has 3 heteroatoms. The number of rotatable bonds is 6. The zero-order valence-corrected chi connectivity index (χ0v) is 13.0. The first-order valence-corrected chi connectivity index (χ1v) is 7.58. The van der Waals surface area contributed by atoms with Gasteiger partial charge in [0.1, 0.15) is 0 Å². The molecule has 1 aliphatic rings. The maximum atomic E-state index is 11.6. The number of nitrogens with one attached hydrogen (secondary N) is 2. The summed E-state index contributed by atoms with van der Waals surface area (Å²) in [4.78, 5) is 11.6. The number of benzene rings is 1. The molecule has 1 aliphatic carbocycles. The first-order chi connectivity index (χ1) is 9.47. The lowest BCUT2D eigenvalue weighted by Gasteiger charge is -2.18. The second-order valence-corrected chi connectivity index (χ2v) is 6.06. The topological polar surface area (TPSA) is 41.1 Å². The van der Waals surface area contributed by atoms with Crippen LogP contribution in [-0.4, -0.2) is 18.5 Å². The molecule has 1 saturated carbocycles. The van der Waals surface area contributed by atoms with E-state index in [0.29, 0.717) is 12.5 Å². The van der Waals surface area contributed by atoms with Crippen molar-refractivity contribution in [2.45, 2.75) is 59.0 Å². The smallest absolute Gasteiger partial charge is 0.221 e. The maximum absolute atomic E-state index is 11.6. The van der Waals surface area contributed by atoms with Gasteiger partial charge in [-0.3, -0.25) is 4.79 Å². The molecule has 1 amide bonds. The Morgan fingerprint density at radius 1 is 1.20 bits per heavy atom. The van der Waals surface area contributed by atoms with E-state index in [1.54, 1.807) is 0 Å². The highest BCUT2D eigenvalue weighted by atomic mass is 16.1. The summed E-state index contributed by atoms with van der Waals surface area (Å²) in [6.07, 6.45) is 2.86. The van der Waals surface area contributed by atoms with Gasteiger partial charge in [0.15, 0.2) is 0 Å². The van der Waals surface area contributed by atoms with Crippen LogP contribution in [0, 0.1) is 20.8 Å². The number of hydrogen-bond donors (Lipinski definition) is 2. The van der Waals surface area contributed by atoms with Crippen LogP contribution in [0.15, 0.2) is 12.1 Å². The lowest BCUT2D eigenvalue weighted by molar-refractivity contribution is -0.121. The zero-order chi connectivity index (χ0) is 14.7. The van der Waals surface area contributed by atoms with E-state index in [1.165, 1.54) is 22.3 Å². The Hall–Kier alpha value is -1.35. The van der Waals surface area contributed by atoms with Crippen LogP contribution in [0.5, 0.6) is 0 Å². The molecule has 2 N–H and O–H groups in total. The van der Waals surface area contributed by atoms with E-state index in [4.69, 9.17) is 0 Å². The molecule has 110 valence electrons. The summed E-state index contributed by atoms with van der Waals surface area (Å²) >= 11 is 0. The van der Waals surface area contributed by atoms with Crippen LogP contribution in [0.1, 0.15) is 54.5 Å². The number of aryl methyl sites for hydroxylation is 3. The van der Waals surface area contributed by atoms with Gasteiger partial charge in [-0.1, -0.05) is 12.1 Å². The first kappa shape index (κ1) is 15.0. The van der Waals surface area contributed by atoms with Gasteiger partial charge < -0.3 is 10.6 Å². The fourth-order valence-electron chi connectivity index (χ4n) is 2.49. The Morgan fingerprint density at radius 2 is 1.85 bits per heavy atom. The molecule has 2 rings (SSSR count). The average Bonchev–Trinajstić information content (AvgIpc) is 3.17. The molecule has 20 heavy (non-hydrogen) atoms. The quantitative estimate of drug-likeness (QED) is 0.837. The fraction of sp³-hybridized carbons (Fsp3) is 0.588. The SMILES string of the molecule is Cc1cc(C)c(C(C)NCCC(=O)NC2CC2)cc1C. The van der Waals surface area contributed by atoms with Gasteiger partial charge in [-0.15, -0.1) is 0 Å². The van der Waals surface area contributed by atoms with E-state index in [1.807, 2.05) is 0 Å². The predicted octanol–water partition coefficient (Wildman–Crippen LogP) is 2.93. The molecule has 0 aromatic heterocycles. The molecule has 1 aromatic rings. The van der Waals surface area contributed by atoms with Crippen molar-refractivity contribution < 1.29 is 4.79 Å². The summed E-state index contributed by atoms with van der Waals surface area (Å²) in [5, 5.41) is 6.47. The Kier molecular flexibility index (Phi) is 4.81. The minimum Gasteiger partial charge on any atom is -0.353 e. The van der Waals surface area contributed by atoms with Crippen LogP contribution in [0.25, 0.3) is 0 Å². The third-order valence-corrected chi connectivity index (χ3v) is 4.09. The van der Waals surface area contributed by atoms with Crippen molar-refractivity contribution in [1.82, 2.24) is 10.6 Å². The molecular formula is C17H26N2O. The summed E-state index contributed by atoms with van der Waals surface area (Å²) < 4.78 is 0. The van der Waals surface area contributed by atoms with Gasteiger partial charge >= 0.3 is 0 Å². The van der Waals surface area contributed by atoms with Gasteiger partial charge in [0.05, 0.1) is 0 Å². The number of carbonyl (C=O) groups is 1. The van der Waals surface area contributed by atoms with Gasteiger partial charge in [0.25, 0.3) is 0 Å². The molecule has 1 aromatic carbocycles. The predicted molar refractivity (Wildman–Crippen MR) is 82.9 cm³/mol. The second-order valence-electron chi connectivity index (χ2n) is 6.06. The van der Waals surface area contributed by atoms with Crippen molar-refractivity contribution in [2.75, 3.05) is 6.54 Å². The van der Waals surface area contributed by atoms with Crippen LogP contribution < -0.4 is 10.6 Å². The van der Waals surface area contributed by atoms with Crippen molar-refractivity contribution in [2.24, 2.45) is 0 Å². The average molecular weight is 274 g/mol. The lowest BCUT2D eigenvalue weighted by Crippen LogP contribution is -2.30. The van der Waals surface area contributed by atoms with Crippen LogP contribution in [0.2, 0.25) is 0 Å². The van der Waals surface area contributed by atoms with E-state index in [9.17, 15) is 4.79 Å². The summed E-state index contributed by atoms with van der Waals surface area (Å²) in [6, 6.07) is 5.24. The standard InChI is InChI=1S/C17H26N2O/c1-11-9-13(3)16(10-12(11)2)14(4)18-8-7-17(20)19-15-5-6-15/h9-10,14-15,18H,5-8H2,1-4H3,(H,19,20). The number of amides is 1. The minimum atomic E-state index is 0.170. The highest BCUT2D eigenvalue weighted by molar-refractivity contribution is 5.76. The normalized spacial score (nSPS) is 16.0. The fourth-order valence-corrected chi connectivity index (χ4v) is 2.49. The third kappa shape index (κ3) is 4.07. The highest BCUT2D eigenvalue weighted by Gasteiger charge is 2.22. The van der Waals surface area contributed by atoms with E-state index in [0.717, 1.165) is 19.4 Å². The molecule has 1 unspecified atom stereocenters. The molecule has 0 aliphatic heterocycles. The molecule has 0 bridgehead atoms. The van der Waals surface area contributed by atoms with E-state index < -0.39 is 0 Å². The maximum Gasteiger partial charge on any atom is 0.221 e. The Balaban J connectivity index is 1.83. The van der Waals surface area contributed by atoms with Crippen molar-refractivity contribution >= 4 is 5.91 Å². The first-order valence-electron chi connectivity index (χ1n) is 7.58.